The molecule has 23 heavy (non-hydrogen) atoms. The molecule has 0 amide bonds. The molecule has 0 saturated heterocycles. The van der Waals surface area contributed by atoms with Crippen molar-refractivity contribution in [3.8, 4) is 0 Å². The third kappa shape index (κ3) is 2.50. The first kappa shape index (κ1) is 15.9. The summed E-state index contributed by atoms with van der Waals surface area (Å²) in [6, 6.07) is 4.06. The fourth-order valence-corrected chi connectivity index (χ4v) is 3.45. The number of hydrogen-bond donors (Lipinski definition) is 0. The number of aryl methyl sites for hydroxylation is 1. The molecule has 3 nitrogen and oxygen atoms in total. The SMILES string of the molecule is CCC1CCN(C)c2cc3c(cc21)c(C(F)(F)F)cc(=O)n3C. The van der Waals surface area contributed by atoms with Crippen molar-refractivity contribution in [2.75, 3.05) is 18.5 Å². The molecule has 0 bridgehead atoms. The molecule has 1 aliphatic heterocycles. The maximum Gasteiger partial charge on any atom is 0.417 e. The largest absolute Gasteiger partial charge is 0.417 e. The van der Waals surface area contributed by atoms with E-state index in [9.17, 15) is 18.0 Å². The van der Waals surface area contributed by atoms with Crippen LogP contribution in [0.2, 0.25) is 0 Å². The summed E-state index contributed by atoms with van der Waals surface area (Å²) in [4.78, 5) is 14.0. The van der Waals surface area contributed by atoms with Gasteiger partial charge in [-0.2, -0.15) is 13.2 Å². The monoisotopic (exact) mass is 324 g/mol. The average molecular weight is 324 g/mol. The van der Waals surface area contributed by atoms with E-state index in [4.69, 9.17) is 0 Å². The van der Waals surface area contributed by atoms with Gasteiger partial charge in [-0.3, -0.25) is 4.79 Å². The number of anilines is 1. The van der Waals surface area contributed by atoms with Gasteiger partial charge in [0.05, 0.1) is 11.1 Å². The van der Waals surface area contributed by atoms with Crippen molar-refractivity contribution < 1.29 is 13.2 Å². The van der Waals surface area contributed by atoms with E-state index in [1.54, 1.807) is 12.1 Å². The van der Waals surface area contributed by atoms with Crippen LogP contribution in [0.5, 0.6) is 0 Å². The fourth-order valence-electron chi connectivity index (χ4n) is 3.45. The van der Waals surface area contributed by atoms with E-state index in [1.807, 2.05) is 11.9 Å². The Morgan fingerprint density at radius 2 is 1.91 bits per heavy atom. The van der Waals surface area contributed by atoms with Crippen molar-refractivity contribution in [1.29, 1.82) is 0 Å². The fraction of sp³-hybridized carbons (Fsp3) is 0.471. The second-order valence-electron chi connectivity index (χ2n) is 6.20. The molecule has 2 heterocycles. The number of hydrogen-bond acceptors (Lipinski definition) is 2. The third-order valence-electron chi connectivity index (χ3n) is 4.86. The van der Waals surface area contributed by atoms with Crippen LogP contribution in [0.15, 0.2) is 23.0 Å². The molecular weight excluding hydrogens is 305 g/mol. The van der Waals surface area contributed by atoms with E-state index in [-0.39, 0.29) is 11.3 Å². The maximum absolute atomic E-state index is 13.4. The van der Waals surface area contributed by atoms with Crippen molar-refractivity contribution >= 4 is 16.6 Å². The lowest BCUT2D eigenvalue weighted by atomic mass is 9.86. The molecule has 1 atom stereocenters. The lowest BCUT2D eigenvalue weighted by Crippen LogP contribution is -2.28. The van der Waals surface area contributed by atoms with Crippen molar-refractivity contribution in [1.82, 2.24) is 4.57 Å². The minimum Gasteiger partial charge on any atom is -0.374 e. The Morgan fingerprint density at radius 1 is 1.22 bits per heavy atom. The average Bonchev–Trinajstić information content (AvgIpc) is 2.49. The van der Waals surface area contributed by atoms with E-state index < -0.39 is 17.3 Å². The molecule has 1 aromatic carbocycles. The summed E-state index contributed by atoms with van der Waals surface area (Å²) in [5, 5.41) is 0.104. The highest BCUT2D eigenvalue weighted by atomic mass is 19.4. The van der Waals surface area contributed by atoms with Crippen LogP contribution in [-0.2, 0) is 13.2 Å². The number of halogens is 3. The van der Waals surface area contributed by atoms with Gasteiger partial charge in [0.2, 0.25) is 0 Å². The summed E-state index contributed by atoms with van der Waals surface area (Å²) in [5.41, 5.74) is 0.701. The highest BCUT2D eigenvalue weighted by Crippen LogP contribution is 2.41. The number of pyridine rings is 1. The van der Waals surface area contributed by atoms with Crippen molar-refractivity contribution in [2.24, 2.45) is 7.05 Å². The van der Waals surface area contributed by atoms with Gasteiger partial charge in [-0.1, -0.05) is 6.92 Å². The first-order valence-corrected chi connectivity index (χ1v) is 7.70. The van der Waals surface area contributed by atoms with E-state index in [1.165, 1.54) is 11.6 Å². The summed E-state index contributed by atoms with van der Waals surface area (Å²) >= 11 is 0. The molecule has 1 unspecified atom stereocenters. The minimum absolute atomic E-state index is 0.104. The van der Waals surface area contributed by atoms with Gasteiger partial charge in [-0.15, -0.1) is 0 Å². The molecule has 0 radical (unpaired) electrons. The zero-order valence-corrected chi connectivity index (χ0v) is 13.4. The number of fused-ring (bicyclic) bond motifs is 2. The van der Waals surface area contributed by atoms with Crippen LogP contribution in [0, 0.1) is 0 Å². The molecule has 2 aromatic rings. The Balaban J connectivity index is 2.41. The Hall–Kier alpha value is -1.98. The summed E-state index contributed by atoms with van der Waals surface area (Å²) in [5.74, 6) is 0.254. The lowest BCUT2D eigenvalue weighted by molar-refractivity contribution is -0.136. The second-order valence-corrected chi connectivity index (χ2v) is 6.20. The Kier molecular flexibility index (Phi) is 3.65. The highest BCUT2D eigenvalue weighted by Gasteiger charge is 2.35. The first-order chi connectivity index (χ1) is 10.7. The van der Waals surface area contributed by atoms with Gasteiger partial charge >= 0.3 is 6.18 Å². The third-order valence-corrected chi connectivity index (χ3v) is 4.86. The molecule has 0 saturated carbocycles. The van der Waals surface area contributed by atoms with Gasteiger partial charge in [0, 0.05) is 37.8 Å². The van der Waals surface area contributed by atoms with E-state index in [0.29, 0.717) is 11.6 Å². The molecular formula is C17H19F3N2O. The number of alkyl halides is 3. The molecule has 0 N–H and O–H groups in total. The van der Waals surface area contributed by atoms with Crippen molar-refractivity contribution in [2.45, 2.75) is 31.9 Å². The summed E-state index contributed by atoms with van der Waals surface area (Å²) in [7, 11) is 3.44. The van der Waals surface area contributed by atoms with Crippen LogP contribution in [0.4, 0.5) is 18.9 Å². The first-order valence-electron chi connectivity index (χ1n) is 7.70. The van der Waals surface area contributed by atoms with Gasteiger partial charge < -0.3 is 9.47 Å². The number of aromatic nitrogens is 1. The Bertz CT molecular complexity index is 823. The molecule has 1 aliphatic rings. The van der Waals surface area contributed by atoms with Crippen LogP contribution in [0.3, 0.4) is 0 Å². The topological polar surface area (TPSA) is 25.2 Å². The normalized spacial score (nSPS) is 18.3. The lowest BCUT2D eigenvalue weighted by Gasteiger charge is -2.33. The van der Waals surface area contributed by atoms with Crippen LogP contribution in [0.25, 0.3) is 10.9 Å². The van der Waals surface area contributed by atoms with Crippen molar-refractivity contribution in [3.63, 3.8) is 0 Å². The van der Waals surface area contributed by atoms with E-state index >= 15 is 0 Å². The van der Waals surface area contributed by atoms with Gasteiger partial charge in [-0.05, 0) is 36.5 Å². The predicted octanol–water partition coefficient (Wildman–Crippen LogP) is 3.89. The number of rotatable bonds is 1. The second kappa shape index (κ2) is 5.28. The molecule has 0 spiro atoms. The van der Waals surface area contributed by atoms with E-state index in [0.717, 1.165) is 30.6 Å². The van der Waals surface area contributed by atoms with Crippen LogP contribution < -0.4 is 10.5 Å². The molecule has 1 aromatic heterocycles. The molecule has 124 valence electrons. The van der Waals surface area contributed by atoms with Gasteiger partial charge in [0.15, 0.2) is 0 Å². The summed E-state index contributed by atoms with van der Waals surface area (Å²) in [6.45, 7) is 2.92. The summed E-state index contributed by atoms with van der Waals surface area (Å²) in [6.07, 6.45) is -2.72. The molecule has 0 aliphatic carbocycles. The van der Waals surface area contributed by atoms with Crippen molar-refractivity contribution in [3.05, 3.63) is 39.7 Å². The van der Waals surface area contributed by atoms with Crippen LogP contribution in [0.1, 0.15) is 36.8 Å². The maximum atomic E-state index is 13.4. The van der Waals surface area contributed by atoms with Crippen LogP contribution in [-0.4, -0.2) is 18.2 Å². The summed E-state index contributed by atoms with van der Waals surface area (Å²) < 4.78 is 41.4. The molecule has 3 rings (SSSR count). The minimum atomic E-state index is -4.54. The zero-order chi connectivity index (χ0) is 16.9. The van der Waals surface area contributed by atoms with E-state index in [2.05, 4.69) is 6.92 Å². The van der Waals surface area contributed by atoms with Gasteiger partial charge in [-0.25, -0.2) is 0 Å². The zero-order valence-electron chi connectivity index (χ0n) is 13.4. The van der Waals surface area contributed by atoms with Gasteiger partial charge in [0.25, 0.3) is 5.56 Å². The standard InChI is InChI=1S/C17H19F3N2O/c1-4-10-5-6-21(2)14-9-15-12(7-11(10)14)13(17(18,19)20)8-16(23)22(15)3/h7-10H,4-6H2,1-3H3. The number of nitrogens with zero attached hydrogens (tertiary/aromatic N) is 2. The quantitative estimate of drug-likeness (QED) is 0.795. The Morgan fingerprint density at radius 3 is 2.52 bits per heavy atom. The number of benzene rings is 1. The molecule has 0 fully saturated rings. The highest BCUT2D eigenvalue weighted by molar-refractivity contribution is 5.88. The van der Waals surface area contributed by atoms with Gasteiger partial charge in [0.1, 0.15) is 0 Å². The predicted molar refractivity (Wildman–Crippen MR) is 85.1 cm³/mol. The molecule has 6 heteroatoms. The smallest absolute Gasteiger partial charge is 0.374 e. The Labute approximate surface area is 132 Å². The van der Waals surface area contributed by atoms with Crippen LogP contribution >= 0.6 is 0 Å².